The van der Waals surface area contributed by atoms with E-state index in [2.05, 4.69) is 10.7 Å². The molecule has 1 aliphatic carbocycles. The molecule has 16 heavy (non-hydrogen) atoms. The molecule has 0 unspecified atom stereocenters. The van der Waals surface area contributed by atoms with E-state index in [0.717, 1.165) is 5.92 Å². The fourth-order valence-electron chi connectivity index (χ4n) is 3.13. The zero-order valence-electron chi connectivity index (χ0n) is 9.93. The van der Waals surface area contributed by atoms with E-state index in [1.165, 1.54) is 58.0 Å². The summed E-state index contributed by atoms with van der Waals surface area (Å²) in [5.41, 5.74) is 3.45. The van der Waals surface area contributed by atoms with Gasteiger partial charge < -0.3 is 5.32 Å². The number of hydrogen-bond donors (Lipinski definition) is 1. The summed E-state index contributed by atoms with van der Waals surface area (Å²) in [6, 6.07) is 0. The van der Waals surface area contributed by atoms with E-state index in [1.807, 2.05) is 11.3 Å². The van der Waals surface area contributed by atoms with Crippen LogP contribution in [0.3, 0.4) is 0 Å². The molecule has 0 spiro atoms. The maximum Gasteiger partial charge on any atom is 0.00800 e. The van der Waals surface area contributed by atoms with Gasteiger partial charge >= 0.3 is 0 Å². The molecule has 0 bridgehead atoms. The van der Waals surface area contributed by atoms with Gasteiger partial charge in [-0.25, -0.2) is 0 Å². The lowest BCUT2D eigenvalue weighted by Gasteiger charge is -2.23. The molecule has 2 heterocycles. The highest BCUT2D eigenvalue weighted by molar-refractivity contribution is 7.10. The SMILES string of the molecule is c1sc2c(c1CC1CCNCC1)CCCC2. The third kappa shape index (κ3) is 2.18. The Morgan fingerprint density at radius 3 is 2.88 bits per heavy atom. The Balaban J connectivity index is 1.71. The number of nitrogens with one attached hydrogen (secondary N) is 1. The van der Waals surface area contributed by atoms with Crippen LogP contribution in [-0.2, 0) is 19.3 Å². The second-order valence-electron chi connectivity index (χ2n) is 5.27. The van der Waals surface area contributed by atoms with Crippen molar-refractivity contribution in [2.45, 2.75) is 44.9 Å². The molecule has 2 heteroatoms. The highest BCUT2D eigenvalue weighted by Gasteiger charge is 2.19. The zero-order chi connectivity index (χ0) is 10.8. The van der Waals surface area contributed by atoms with E-state index < -0.39 is 0 Å². The van der Waals surface area contributed by atoms with Crippen LogP contribution in [-0.4, -0.2) is 13.1 Å². The van der Waals surface area contributed by atoms with Crippen LogP contribution in [0, 0.1) is 5.92 Å². The highest BCUT2D eigenvalue weighted by Crippen LogP contribution is 2.32. The van der Waals surface area contributed by atoms with Gasteiger partial charge in [-0.2, -0.15) is 0 Å². The summed E-state index contributed by atoms with van der Waals surface area (Å²) in [6.07, 6.45) is 9.66. The summed E-state index contributed by atoms with van der Waals surface area (Å²) in [5.74, 6) is 0.946. The predicted octanol–water partition coefficient (Wildman–Crippen LogP) is 3.17. The molecular weight excluding hydrogens is 214 g/mol. The van der Waals surface area contributed by atoms with Crippen LogP contribution in [0.4, 0.5) is 0 Å². The highest BCUT2D eigenvalue weighted by atomic mass is 32.1. The summed E-state index contributed by atoms with van der Waals surface area (Å²) in [5, 5.41) is 5.92. The van der Waals surface area contributed by atoms with E-state index in [1.54, 1.807) is 16.0 Å². The van der Waals surface area contributed by atoms with Crippen LogP contribution >= 0.6 is 11.3 Å². The third-order valence-corrected chi connectivity index (χ3v) is 5.25. The Hall–Kier alpha value is -0.340. The largest absolute Gasteiger partial charge is 0.317 e. The number of thiophene rings is 1. The Morgan fingerprint density at radius 1 is 1.19 bits per heavy atom. The van der Waals surface area contributed by atoms with Crippen molar-refractivity contribution in [1.29, 1.82) is 0 Å². The summed E-state index contributed by atoms with van der Waals surface area (Å²) >= 11 is 2.02. The second-order valence-corrected chi connectivity index (χ2v) is 6.23. The van der Waals surface area contributed by atoms with E-state index >= 15 is 0 Å². The van der Waals surface area contributed by atoms with Gasteiger partial charge in [0.05, 0.1) is 0 Å². The minimum atomic E-state index is 0.946. The smallest absolute Gasteiger partial charge is 0.00800 e. The molecule has 0 amide bonds. The first-order chi connectivity index (χ1) is 7.93. The number of fused-ring (bicyclic) bond motifs is 1. The average Bonchev–Trinajstić information content (AvgIpc) is 2.74. The van der Waals surface area contributed by atoms with Crippen molar-refractivity contribution in [2.75, 3.05) is 13.1 Å². The normalized spacial score (nSPS) is 22.0. The molecule has 0 radical (unpaired) electrons. The Kier molecular flexibility index (Phi) is 3.30. The van der Waals surface area contributed by atoms with Crippen LogP contribution in [0.15, 0.2) is 5.38 Å². The lowest BCUT2D eigenvalue weighted by atomic mass is 9.87. The van der Waals surface area contributed by atoms with Crippen LogP contribution in [0.2, 0.25) is 0 Å². The van der Waals surface area contributed by atoms with Crippen molar-refractivity contribution >= 4 is 11.3 Å². The molecular formula is C14H21NS. The van der Waals surface area contributed by atoms with Crippen molar-refractivity contribution in [2.24, 2.45) is 5.92 Å². The monoisotopic (exact) mass is 235 g/mol. The molecule has 3 rings (SSSR count). The summed E-state index contributed by atoms with van der Waals surface area (Å²) < 4.78 is 0. The topological polar surface area (TPSA) is 12.0 Å². The lowest BCUT2D eigenvalue weighted by Crippen LogP contribution is -2.28. The van der Waals surface area contributed by atoms with Gasteiger partial charge in [-0.05, 0) is 80.5 Å². The Bertz CT molecular complexity index is 350. The predicted molar refractivity (Wildman–Crippen MR) is 70.3 cm³/mol. The first-order valence-electron chi connectivity index (χ1n) is 6.72. The van der Waals surface area contributed by atoms with Gasteiger partial charge in [0.1, 0.15) is 0 Å². The molecule has 0 aromatic carbocycles. The van der Waals surface area contributed by atoms with Crippen LogP contribution < -0.4 is 5.32 Å². The Morgan fingerprint density at radius 2 is 2.00 bits per heavy atom. The molecule has 1 aliphatic heterocycles. The standard InChI is InChI=1S/C14H21NS/c1-2-4-14-13(3-1)12(10-16-14)9-11-5-7-15-8-6-11/h10-11,15H,1-9H2. The first-order valence-corrected chi connectivity index (χ1v) is 7.60. The second kappa shape index (κ2) is 4.89. The molecule has 2 aliphatic rings. The molecule has 1 fully saturated rings. The molecule has 0 saturated carbocycles. The van der Waals surface area contributed by atoms with E-state index in [-0.39, 0.29) is 0 Å². The molecule has 1 aromatic rings. The molecule has 88 valence electrons. The van der Waals surface area contributed by atoms with Gasteiger partial charge in [0.25, 0.3) is 0 Å². The van der Waals surface area contributed by atoms with Crippen LogP contribution in [0.5, 0.6) is 0 Å². The molecule has 1 saturated heterocycles. The maximum absolute atomic E-state index is 3.46. The fourth-order valence-corrected chi connectivity index (χ4v) is 4.29. The summed E-state index contributed by atoms with van der Waals surface area (Å²) in [4.78, 5) is 1.70. The number of piperidine rings is 1. The maximum atomic E-state index is 3.46. The minimum Gasteiger partial charge on any atom is -0.317 e. The quantitative estimate of drug-likeness (QED) is 0.830. The number of rotatable bonds is 2. The number of hydrogen-bond acceptors (Lipinski definition) is 2. The first kappa shape index (κ1) is 10.8. The lowest BCUT2D eigenvalue weighted by molar-refractivity contribution is 0.372. The van der Waals surface area contributed by atoms with Gasteiger partial charge in [0, 0.05) is 4.88 Å². The Labute approximate surface area is 102 Å². The van der Waals surface area contributed by atoms with Crippen LogP contribution in [0.1, 0.15) is 41.7 Å². The van der Waals surface area contributed by atoms with E-state index in [9.17, 15) is 0 Å². The van der Waals surface area contributed by atoms with Crippen LogP contribution in [0.25, 0.3) is 0 Å². The van der Waals surface area contributed by atoms with Gasteiger partial charge in [0.15, 0.2) is 0 Å². The average molecular weight is 235 g/mol. The fraction of sp³-hybridized carbons (Fsp3) is 0.714. The van der Waals surface area contributed by atoms with E-state index in [0.29, 0.717) is 0 Å². The van der Waals surface area contributed by atoms with Gasteiger partial charge in [-0.1, -0.05) is 0 Å². The van der Waals surface area contributed by atoms with Gasteiger partial charge in [0.2, 0.25) is 0 Å². The summed E-state index contributed by atoms with van der Waals surface area (Å²) in [7, 11) is 0. The van der Waals surface area contributed by atoms with Crippen molar-refractivity contribution < 1.29 is 0 Å². The van der Waals surface area contributed by atoms with Crippen molar-refractivity contribution in [3.05, 3.63) is 21.4 Å². The van der Waals surface area contributed by atoms with E-state index in [4.69, 9.17) is 0 Å². The van der Waals surface area contributed by atoms with Crippen molar-refractivity contribution in [3.8, 4) is 0 Å². The molecule has 1 aromatic heterocycles. The molecule has 1 N–H and O–H groups in total. The van der Waals surface area contributed by atoms with Crippen molar-refractivity contribution in [3.63, 3.8) is 0 Å². The van der Waals surface area contributed by atoms with Crippen molar-refractivity contribution in [1.82, 2.24) is 5.32 Å². The minimum absolute atomic E-state index is 0.946. The van der Waals surface area contributed by atoms with Gasteiger partial charge in [-0.15, -0.1) is 11.3 Å². The number of aryl methyl sites for hydroxylation is 1. The third-order valence-electron chi connectivity index (χ3n) is 4.12. The molecule has 1 nitrogen and oxygen atoms in total. The zero-order valence-corrected chi connectivity index (χ0v) is 10.7. The summed E-state index contributed by atoms with van der Waals surface area (Å²) in [6.45, 7) is 2.47. The molecule has 0 atom stereocenters. The van der Waals surface area contributed by atoms with Gasteiger partial charge in [-0.3, -0.25) is 0 Å².